The number of aromatic nitrogens is 2. The summed E-state index contributed by atoms with van der Waals surface area (Å²) in [6.45, 7) is 2.20. The highest BCUT2D eigenvalue weighted by molar-refractivity contribution is 6.01. The SMILES string of the molecule is Cc1cn[nH]c1NC(=O)CCCN1C(=O)CN(C)C1=O. The van der Waals surface area contributed by atoms with Crippen LogP contribution in [0.2, 0.25) is 0 Å². The summed E-state index contributed by atoms with van der Waals surface area (Å²) in [7, 11) is 1.58. The van der Waals surface area contributed by atoms with E-state index in [1.165, 1.54) is 9.80 Å². The number of carbonyl (C=O) groups is 3. The van der Waals surface area contributed by atoms with Gasteiger partial charge in [-0.05, 0) is 13.3 Å². The normalized spacial score (nSPS) is 15.1. The Morgan fingerprint density at radius 1 is 1.50 bits per heavy atom. The van der Waals surface area contributed by atoms with Gasteiger partial charge in [-0.1, -0.05) is 0 Å². The fourth-order valence-corrected chi connectivity index (χ4v) is 1.96. The van der Waals surface area contributed by atoms with Gasteiger partial charge in [0.25, 0.3) is 0 Å². The van der Waals surface area contributed by atoms with Crippen molar-refractivity contribution in [2.24, 2.45) is 0 Å². The lowest BCUT2D eigenvalue weighted by atomic mass is 10.2. The van der Waals surface area contributed by atoms with Crippen LogP contribution in [0.25, 0.3) is 0 Å². The highest BCUT2D eigenvalue weighted by Crippen LogP contribution is 2.11. The van der Waals surface area contributed by atoms with Gasteiger partial charge >= 0.3 is 6.03 Å². The number of H-pyrrole nitrogens is 1. The van der Waals surface area contributed by atoms with E-state index in [4.69, 9.17) is 0 Å². The van der Waals surface area contributed by atoms with E-state index < -0.39 is 0 Å². The van der Waals surface area contributed by atoms with Crippen molar-refractivity contribution < 1.29 is 14.4 Å². The lowest BCUT2D eigenvalue weighted by molar-refractivity contribution is -0.125. The number of aromatic amines is 1. The summed E-state index contributed by atoms with van der Waals surface area (Å²) >= 11 is 0. The zero-order valence-corrected chi connectivity index (χ0v) is 11.5. The Morgan fingerprint density at radius 2 is 2.25 bits per heavy atom. The van der Waals surface area contributed by atoms with E-state index in [0.29, 0.717) is 12.2 Å². The molecule has 4 amide bonds. The first-order chi connectivity index (χ1) is 9.49. The number of nitrogens with zero attached hydrogens (tertiary/aromatic N) is 3. The van der Waals surface area contributed by atoms with Crippen LogP contribution in [0.1, 0.15) is 18.4 Å². The molecule has 0 saturated carbocycles. The van der Waals surface area contributed by atoms with Gasteiger partial charge in [-0.15, -0.1) is 0 Å². The minimum Gasteiger partial charge on any atom is -0.318 e. The van der Waals surface area contributed by atoms with Crippen LogP contribution in [0.15, 0.2) is 6.20 Å². The fourth-order valence-electron chi connectivity index (χ4n) is 1.96. The van der Waals surface area contributed by atoms with E-state index in [-0.39, 0.29) is 37.4 Å². The second-order valence-corrected chi connectivity index (χ2v) is 4.76. The number of hydrogen-bond acceptors (Lipinski definition) is 4. The Morgan fingerprint density at radius 3 is 2.80 bits per heavy atom. The van der Waals surface area contributed by atoms with Gasteiger partial charge in [0.1, 0.15) is 12.4 Å². The van der Waals surface area contributed by atoms with E-state index in [1.807, 2.05) is 6.92 Å². The van der Waals surface area contributed by atoms with E-state index in [9.17, 15) is 14.4 Å². The molecule has 20 heavy (non-hydrogen) atoms. The lowest BCUT2D eigenvalue weighted by Gasteiger charge is -2.13. The van der Waals surface area contributed by atoms with Crippen molar-refractivity contribution in [3.63, 3.8) is 0 Å². The first-order valence-electron chi connectivity index (χ1n) is 6.34. The Labute approximate surface area is 116 Å². The van der Waals surface area contributed by atoms with Gasteiger partial charge in [-0.2, -0.15) is 5.10 Å². The lowest BCUT2D eigenvalue weighted by Crippen LogP contribution is -2.32. The number of hydrogen-bond donors (Lipinski definition) is 2. The maximum Gasteiger partial charge on any atom is 0.326 e. The van der Waals surface area contributed by atoms with Crippen LogP contribution >= 0.6 is 0 Å². The van der Waals surface area contributed by atoms with Gasteiger partial charge in [0.2, 0.25) is 11.8 Å². The molecule has 1 saturated heterocycles. The van der Waals surface area contributed by atoms with E-state index in [0.717, 1.165) is 5.56 Å². The van der Waals surface area contributed by atoms with Crippen LogP contribution in [0, 0.1) is 6.92 Å². The number of rotatable bonds is 5. The van der Waals surface area contributed by atoms with Gasteiger partial charge in [0, 0.05) is 25.6 Å². The molecule has 2 heterocycles. The molecule has 1 aromatic rings. The van der Waals surface area contributed by atoms with Crippen LogP contribution in [0.5, 0.6) is 0 Å². The molecule has 8 nitrogen and oxygen atoms in total. The second-order valence-electron chi connectivity index (χ2n) is 4.76. The third kappa shape index (κ3) is 2.95. The standard InChI is InChI=1S/C12H17N5O3/c1-8-6-13-15-11(8)14-9(18)4-3-5-17-10(19)7-16(2)12(17)20/h6H,3-5,7H2,1-2H3,(H2,13,14,15,18). The molecule has 0 atom stereocenters. The Bertz CT molecular complexity index is 539. The van der Waals surface area contributed by atoms with Crippen molar-refractivity contribution >= 4 is 23.7 Å². The number of imide groups is 1. The maximum atomic E-state index is 11.7. The first-order valence-corrected chi connectivity index (χ1v) is 6.34. The predicted octanol–water partition coefficient (Wildman–Crippen LogP) is 0.331. The van der Waals surface area contributed by atoms with Gasteiger partial charge in [-0.3, -0.25) is 19.6 Å². The molecular formula is C12H17N5O3. The van der Waals surface area contributed by atoms with Crippen molar-refractivity contribution in [2.75, 3.05) is 25.5 Å². The smallest absolute Gasteiger partial charge is 0.318 e. The average molecular weight is 279 g/mol. The summed E-state index contributed by atoms with van der Waals surface area (Å²) in [6.07, 6.45) is 2.29. The van der Waals surface area contributed by atoms with Crippen LogP contribution in [0.3, 0.4) is 0 Å². The molecule has 0 spiro atoms. The highest BCUT2D eigenvalue weighted by Gasteiger charge is 2.32. The molecule has 1 aromatic heterocycles. The third-order valence-corrected chi connectivity index (χ3v) is 3.11. The molecule has 0 aliphatic carbocycles. The van der Waals surface area contributed by atoms with Crippen molar-refractivity contribution in [3.05, 3.63) is 11.8 Å². The summed E-state index contributed by atoms with van der Waals surface area (Å²) in [4.78, 5) is 37.4. The Balaban J connectivity index is 1.76. The molecule has 108 valence electrons. The number of carbonyl (C=O) groups excluding carboxylic acids is 3. The third-order valence-electron chi connectivity index (χ3n) is 3.11. The molecule has 0 bridgehead atoms. The molecule has 0 radical (unpaired) electrons. The molecule has 8 heteroatoms. The molecule has 0 unspecified atom stereocenters. The second kappa shape index (κ2) is 5.72. The molecule has 1 fully saturated rings. The molecule has 2 rings (SSSR count). The predicted molar refractivity (Wildman–Crippen MR) is 70.9 cm³/mol. The summed E-state index contributed by atoms with van der Waals surface area (Å²) in [5, 5.41) is 9.18. The molecular weight excluding hydrogens is 262 g/mol. The molecule has 2 N–H and O–H groups in total. The number of aryl methyl sites for hydroxylation is 1. The summed E-state index contributed by atoms with van der Waals surface area (Å²) < 4.78 is 0. The first kappa shape index (κ1) is 14.0. The largest absolute Gasteiger partial charge is 0.326 e. The Kier molecular flexibility index (Phi) is 4.02. The van der Waals surface area contributed by atoms with Crippen molar-refractivity contribution in [1.29, 1.82) is 0 Å². The fraction of sp³-hybridized carbons (Fsp3) is 0.500. The summed E-state index contributed by atoms with van der Waals surface area (Å²) in [5.41, 5.74) is 0.852. The minimum absolute atomic E-state index is 0.109. The molecule has 1 aliphatic heterocycles. The quantitative estimate of drug-likeness (QED) is 0.759. The van der Waals surface area contributed by atoms with Crippen LogP contribution < -0.4 is 5.32 Å². The van der Waals surface area contributed by atoms with Gasteiger partial charge in [0.05, 0.1) is 6.20 Å². The van der Waals surface area contributed by atoms with Gasteiger partial charge in [-0.25, -0.2) is 4.79 Å². The van der Waals surface area contributed by atoms with Crippen molar-refractivity contribution in [3.8, 4) is 0 Å². The highest BCUT2D eigenvalue weighted by atomic mass is 16.2. The summed E-state index contributed by atoms with van der Waals surface area (Å²) in [5.74, 6) is 0.176. The van der Waals surface area contributed by atoms with Gasteiger partial charge in [0.15, 0.2) is 0 Å². The van der Waals surface area contributed by atoms with E-state index >= 15 is 0 Å². The summed E-state index contributed by atoms with van der Waals surface area (Å²) in [6, 6.07) is -0.306. The minimum atomic E-state index is -0.306. The number of anilines is 1. The topological polar surface area (TPSA) is 98.4 Å². The zero-order valence-electron chi connectivity index (χ0n) is 11.5. The molecule has 1 aliphatic rings. The van der Waals surface area contributed by atoms with Crippen LogP contribution in [-0.4, -0.2) is 58.0 Å². The van der Waals surface area contributed by atoms with Crippen LogP contribution in [-0.2, 0) is 9.59 Å². The number of amides is 4. The number of nitrogens with one attached hydrogen (secondary N) is 2. The zero-order chi connectivity index (χ0) is 14.7. The van der Waals surface area contributed by atoms with Crippen molar-refractivity contribution in [1.82, 2.24) is 20.0 Å². The van der Waals surface area contributed by atoms with Crippen LogP contribution in [0.4, 0.5) is 10.6 Å². The van der Waals surface area contributed by atoms with E-state index in [2.05, 4.69) is 15.5 Å². The number of urea groups is 1. The van der Waals surface area contributed by atoms with E-state index in [1.54, 1.807) is 13.2 Å². The molecule has 0 aromatic carbocycles. The maximum absolute atomic E-state index is 11.7. The van der Waals surface area contributed by atoms with Crippen molar-refractivity contribution in [2.45, 2.75) is 19.8 Å². The monoisotopic (exact) mass is 279 g/mol. The average Bonchev–Trinajstić information content (AvgIpc) is 2.88. The van der Waals surface area contributed by atoms with Gasteiger partial charge < -0.3 is 10.2 Å². The Hall–Kier alpha value is -2.38. The number of likely N-dealkylation sites (N-methyl/N-ethyl adjacent to an activating group) is 1.